The zero-order valence-corrected chi connectivity index (χ0v) is 18.1. The van der Waals surface area contributed by atoms with Gasteiger partial charge in [-0.05, 0) is 23.8 Å². The summed E-state index contributed by atoms with van der Waals surface area (Å²) < 4.78 is 5.51. The van der Waals surface area contributed by atoms with Crippen LogP contribution >= 0.6 is 0 Å². The van der Waals surface area contributed by atoms with E-state index in [9.17, 15) is 9.59 Å². The van der Waals surface area contributed by atoms with Gasteiger partial charge in [0.1, 0.15) is 6.26 Å². The third-order valence-corrected chi connectivity index (χ3v) is 4.59. The smallest absolute Gasteiger partial charge is 0.273 e. The number of carbonyl (C=O) groups excluding carboxylic acids is 2. The van der Waals surface area contributed by atoms with Crippen molar-refractivity contribution in [3.63, 3.8) is 0 Å². The summed E-state index contributed by atoms with van der Waals surface area (Å²) in [7, 11) is 0. The molecular weight excluding hydrogens is 366 g/mol. The highest BCUT2D eigenvalue weighted by Crippen LogP contribution is 2.23. The lowest BCUT2D eigenvalue weighted by atomic mass is 9.94. The summed E-state index contributed by atoms with van der Waals surface area (Å²) >= 11 is 0. The molecule has 2 rings (SSSR count). The maximum atomic E-state index is 13.3. The summed E-state index contributed by atoms with van der Waals surface area (Å²) in [5, 5.41) is 2.83. The highest BCUT2D eigenvalue weighted by atomic mass is 16.3. The van der Waals surface area contributed by atoms with Crippen LogP contribution in [0.5, 0.6) is 0 Å². The largest absolute Gasteiger partial charge is 0.446 e. The molecule has 0 aliphatic carbocycles. The Morgan fingerprint density at radius 1 is 1.10 bits per heavy atom. The molecule has 0 unspecified atom stereocenters. The van der Waals surface area contributed by atoms with Gasteiger partial charge in [-0.1, -0.05) is 65.0 Å². The topological polar surface area (TPSA) is 75.4 Å². The second-order valence-corrected chi connectivity index (χ2v) is 8.21. The predicted octanol–water partition coefficient (Wildman–Crippen LogP) is 4.24. The number of hydrogen-bond donors (Lipinski definition) is 1. The molecule has 158 valence electrons. The summed E-state index contributed by atoms with van der Waals surface area (Å²) in [6.45, 7) is 11.6. The van der Waals surface area contributed by atoms with Gasteiger partial charge in [-0.2, -0.15) is 0 Å². The minimum absolute atomic E-state index is 0.0522. The molecular formula is C23H33N3O3. The molecule has 0 aliphatic rings. The van der Waals surface area contributed by atoms with E-state index in [1.165, 1.54) is 6.26 Å². The van der Waals surface area contributed by atoms with E-state index in [4.69, 9.17) is 4.42 Å². The summed E-state index contributed by atoms with van der Waals surface area (Å²) in [5.74, 6) is 0.613. The molecule has 1 aromatic heterocycles. The number of oxazole rings is 1. The molecule has 6 nitrogen and oxygen atoms in total. The number of carbonyl (C=O) groups is 2. The number of benzene rings is 1. The van der Waals surface area contributed by atoms with Crippen LogP contribution in [-0.4, -0.2) is 34.8 Å². The van der Waals surface area contributed by atoms with Crippen LogP contribution < -0.4 is 5.32 Å². The first-order valence-corrected chi connectivity index (χ1v) is 10.4. The highest BCUT2D eigenvalue weighted by molar-refractivity contribution is 5.91. The van der Waals surface area contributed by atoms with Crippen LogP contribution in [0, 0.1) is 11.8 Å². The first kappa shape index (κ1) is 22.7. The van der Waals surface area contributed by atoms with Gasteiger partial charge in [-0.3, -0.25) is 9.59 Å². The third-order valence-electron chi connectivity index (χ3n) is 4.59. The van der Waals surface area contributed by atoms with Gasteiger partial charge in [-0.15, -0.1) is 0 Å². The molecule has 0 spiro atoms. The Bertz CT molecular complexity index is 784. The summed E-state index contributed by atoms with van der Waals surface area (Å²) in [6.07, 6.45) is 2.07. The standard InChI is InChI=1S/C23H33N3O3/c1-6-19(18-10-8-7-9-11-18)23(28)26(13-17(4)5)14-21-25-20(15-29-21)22(27)24-12-16(2)3/h7-11,15-17,19H,6,12-14H2,1-5H3,(H,24,27)/t19-/m1/s1. The van der Waals surface area contributed by atoms with Crippen molar-refractivity contribution in [1.29, 1.82) is 0 Å². The van der Waals surface area contributed by atoms with Crippen LogP contribution in [0.25, 0.3) is 0 Å². The Hall–Kier alpha value is -2.63. The van der Waals surface area contributed by atoms with Crippen LogP contribution in [0.4, 0.5) is 0 Å². The average molecular weight is 400 g/mol. The molecule has 0 bridgehead atoms. The highest BCUT2D eigenvalue weighted by Gasteiger charge is 2.26. The quantitative estimate of drug-likeness (QED) is 0.648. The third kappa shape index (κ3) is 6.73. The Kier molecular flexibility index (Phi) is 8.43. The van der Waals surface area contributed by atoms with Gasteiger partial charge in [0.25, 0.3) is 5.91 Å². The second kappa shape index (κ2) is 10.8. The van der Waals surface area contributed by atoms with E-state index >= 15 is 0 Å². The van der Waals surface area contributed by atoms with Gasteiger partial charge in [0.05, 0.1) is 12.5 Å². The number of nitrogens with zero attached hydrogens (tertiary/aromatic N) is 2. The molecule has 0 fully saturated rings. The van der Waals surface area contributed by atoms with E-state index in [0.717, 1.165) is 5.56 Å². The maximum Gasteiger partial charge on any atom is 0.273 e. The molecule has 1 heterocycles. The van der Waals surface area contributed by atoms with Crippen molar-refractivity contribution >= 4 is 11.8 Å². The number of aromatic nitrogens is 1. The van der Waals surface area contributed by atoms with E-state index in [2.05, 4.69) is 24.1 Å². The van der Waals surface area contributed by atoms with Crippen LogP contribution in [0.3, 0.4) is 0 Å². The average Bonchev–Trinajstić information content (AvgIpc) is 3.15. The molecule has 0 aliphatic heterocycles. The molecule has 1 aromatic carbocycles. The van der Waals surface area contributed by atoms with Gasteiger partial charge in [0.15, 0.2) is 5.69 Å². The lowest BCUT2D eigenvalue weighted by Crippen LogP contribution is -2.37. The van der Waals surface area contributed by atoms with Gasteiger partial charge < -0.3 is 14.6 Å². The number of rotatable bonds is 10. The molecule has 1 N–H and O–H groups in total. The Balaban J connectivity index is 2.14. The summed E-state index contributed by atoms with van der Waals surface area (Å²) in [6, 6.07) is 9.83. The van der Waals surface area contributed by atoms with Crippen molar-refractivity contribution < 1.29 is 14.0 Å². The van der Waals surface area contributed by atoms with Crippen LogP contribution in [0.15, 0.2) is 41.0 Å². The van der Waals surface area contributed by atoms with Gasteiger partial charge in [-0.25, -0.2) is 4.98 Å². The minimum atomic E-state index is -0.258. The zero-order chi connectivity index (χ0) is 21.4. The molecule has 0 saturated carbocycles. The minimum Gasteiger partial charge on any atom is -0.446 e. The first-order chi connectivity index (χ1) is 13.8. The van der Waals surface area contributed by atoms with E-state index in [-0.39, 0.29) is 30.0 Å². The fourth-order valence-electron chi connectivity index (χ4n) is 3.17. The maximum absolute atomic E-state index is 13.3. The van der Waals surface area contributed by atoms with Crippen molar-refractivity contribution in [2.75, 3.05) is 13.1 Å². The van der Waals surface area contributed by atoms with Crippen molar-refractivity contribution in [2.24, 2.45) is 11.8 Å². The van der Waals surface area contributed by atoms with Crippen molar-refractivity contribution in [3.05, 3.63) is 53.7 Å². The van der Waals surface area contributed by atoms with E-state index < -0.39 is 0 Å². The Morgan fingerprint density at radius 2 is 1.79 bits per heavy atom. The normalized spacial score (nSPS) is 12.2. The fraction of sp³-hybridized carbons (Fsp3) is 0.522. The van der Waals surface area contributed by atoms with Gasteiger partial charge >= 0.3 is 0 Å². The van der Waals surface area contributed by atoms with Crippen molar-refractivity contribution in [3.8, 4) is 0 Å². The lowest BCUT2D eigenvalue weighted by molar-refractivity contribution is -0.134. The van der Waals surface area contributed by atoms with E-state index in [0.29, 0.717) is 37.2 Å². The predicted molar refractivity (Wildman–Crippen MR) is 113 cm³/mol. The number of amides is 2. The van der Waals surface area contributed by atoms with Gasteiger partial charge in [0.2, 0.25) is 11.8 Å². The molecule has 6 heteroatoms. The van der Waals surface area contributed by atoms with Crippen LogP contribution in [0.2, 0.25) is 0 Å². The molecule has 0 radical (unpaired) electrons. The van der Waals surface area contributed by atoms with E-state index in [1.54, 1.807) is 4.90 Å². The van der Waals surface area contributed by atoms with Crippen LogP contribution in [0.1, 0.15) is 68.9 Å². The molecule has 2 amide bonds. The molecule has 29 heavy (non-hydrogen) atoms. The monoisotopic (exact) mass is 399 g/mol. The van der Waals surface area contributed by atoms with Crippen molar-refractivity contribution in [1.82, 2.24) is 15.2 Å². The number of hydrogen-bond acceptors (Lipinski definition) is 4. The Morgan fingerprint density at radius 3 is 2.38 bits per heavy atom. The second-order valence-electron chi connectivity index (χ2n) is 8.21. The zero-order valence-electron chi connectivity index (χ0n) is 18.1. The first-order valence-electron chi connectivity index (χ1n) is 10.4. The van der Waals surface area contributed by atoms with Crippen molar-refractivity contribution in [2.45, 2.75) is 53.5 Å². The molecule has 2 aromatic rings. The Labute approximate surface area is 173 Å². The molecule has 0 saturated heterocycles. The van der Waals surface area contributed by atoms with Gasteiger partial charge in [0, 0.05) is 13.1 Å². The SMILES string of the molecule is CC[C@@H](C(=O)N(Cc1nc(C(=O)NCC(C)C)co1)CC(C)C)c1ccccc1. The lowest BCUT2D eigenvalue weighted by Gasteiger charge is -2.27. The number of nitrogens with one attached hydrogen (secondary N) is 1. The fourth-order valence-corrected chi connectivity index (χ4v) is 3.17. The summed E-state index contributed by atoms with van der Waals surface area (Å²) in [5.41, 5.74) is 1.25. The van der Waals surface area contributed by atoms with E-state index in [1.807, 2.05) is 51.1 Å². The summed E-state index contributed by atoms with van der Waals surface area (Å²) in [4.78, 5) is 31.6. The molecule has 1 atom stereocenters. The van der Waals surface area contributed by atoms with Crippen LogP contribution in [-0.2, 0) is 11.3 Å².